The van der Waals surface area contributed by atoms with Crippen molar-refractivity contribution in [1.82, 2.24) is 45.6 Å². The molecule has 0 saturated heterocycles. The molecule has 3 aromatic heterocycles. The van der Waals surface area contributed by atoms with E-state index in [1.54, 1.807) is 91.0 Å². The summed E-state index contributed by atoms with van der Waals surface area (Å²) in [6, 6.07) is 29.0. The summed E-state index contributed by atoms with van der Waals surface area (Å²) in [5, 5.41) is 54.3. The Hall–Kier alpha value is -11.3. The summed E-state index contributed by atoms with van der Waals surface area (Å²) >= 11 is 0. The highest BCUT2D eigenvalue weighted by Crippen LogP contribution is 2.50. The van der Waals surface area contributed by atoms with Gasteiger partial charge < -0.3 is 60.2 Å². The third-order valence-electron chi connectivity index (χ3n) is 16.7. The van der Waals surface area contributed by atoms with Gasteiger partial charge in [0.15, 0.2) is 34.9 Å². The highest BCUT2D eigenvalue weighted by atomic mass is 31.2. The monoisotopic (exact) mass is 1510 g/mol. The van der Waals surface area contributed by atoms with Crippen molar-refractivity contribution in [2.24, 2.45) is 0 Å². The lowest BCUT2D eigenvalue weighted by atomic mass is 10.1. The molecule has 107 heavy (non-hydrogen) atoms. The maximum atomic E-state index is 15.1. The van der Waals surface area contributed by atoms with E-state index in [1.807, 2.05) is 0 Å². The van der Waals surface area contributed by atoms with Crippen molar-refractivity contribution in [3.8, 4) is 0 Å². The number of anilines is 3. The number of halogens is 6. The molecule has 3 heterocycles. The van der Waals surface area contributed by atoms with Crippen molar-refractivity contribution in [2.45, 2.75) is 75.3 Å². The predicted molar refractivity (Wildman–Crippen MR) is 378 cm³/mol. The smallest absolute Gasteiger partial charge is 0.447 e. The Morgan fingerprint density at radius 3 is 0.925 bits per heavy atom. The molecule has 0 radical (unpaired) electrons. The van der Waals surface area contributed by atoms with E-state index in [-0.39, 0.29) is 34.1 Å². The number of urea groups is 3. The number of nitrogens with one attached hydrogen (secondary N) is 6. The molecule has 9 aromatic rings. The van der Waals surface area contributed by atoms with E-state index in [9.17, 15) is 70.4 Å². The number of pyridine rings is 3. The molecule has 0 aliphatic rings. The zero-order valence-corrected chi connectivity index (χ0v) is 58.5. The zero-order chi connectivity index (χ0) is 76.7. The molecular weight excluding hydrogens is 1430 g/mol. The number of carbonyl (C=O) groups is 6. The predicted octanol–water partition coefficient (Wildman–Crippen LogP) is 11.3. The van der Waals surface area contributed by atoms with Crippen molar-refractivity contribution in [2.75, 3.05) is 76.7 Å². The number of aromatic nitrogens is 3. The Morgan fingerprint density at radius 2 is 0.654 bits per heavy atom. The fourth-order valence-electron chi connectivity index (χ4n) is 10.6. The van der Waals surface area contributed by atoms with Gasteiger partial charge in [0.25, 0.3) is 0 Å². The van der Waals surface area contributed by atoms with Crippen LogP contribution in [0.3, 0.4) is 0 Å². The molecule has 0 aliphatic carbocycles. The summed E-state index contributed by atoms with van der Waals surface area (Å²) in [5.74, 6) is -7.12. The van der Waals surface area contributed by atoms with Gasteiger partial charge in [-0.05, 0) is 71.8 Å². The first-order valence-corrected chi connectivity index (χ1v) is 34.5. The normalized spacial score (nSPS) is 13.1. The highest BCUT2D eigenvalue weighted by molar-refractivity contribution is 7.48. The zero-order valence-electron chi connectivity index (χ0n) is 57.6. The van der Waals surface area contributed by atoms with Gasteiger partial charge in [0.05, 0.1) is 56.3 Å². The Bertz CT molecular complexity index is 4210. The maximum Gasteiger partial charge on any atom is 0.475 e. The highest BCUT2D eigenvalue weighted by Gasteiger charge is 2.35. The van der Waals surface area contributed by atoms with Crippen LogP contribution in [0.15, 0.2) is 164 Å². The molecule has 9 rings (SSSR count). The van der Waals surface area contributed by atoms with E-state index < -0.39 is 194 Å². The first kappa shape index (κ1) is 79.8. The lowest BCUT2D eigenvalue weighted by molar-refractivity contribution is 0.000352. The number of hydrogen-bond acceptors (Lipinski definition) is 19. The fourth-order valence-corrected chi connectivity index (χ4v) is 11.9. The third kappa shape index (κ3) is 23.4. The number of fused-ring (bicyclic) bond motifs is 3. The van der Waals surface area contributed by atoms with Gasteiger partial charge in [0.2, 0.25) is 0 Å². The Morgan fingerprint density at radius 1 is 0.393 bits per heavy atom. The second-order valence-electron chi connectivity index (χ2n) is 24.3. The topological polar surface area (TPSA) is 356 Å². The van der Waals surface area contributed by atoms with E-state index in [0.29, 0.717) is 16.2 Å². The SMILES string of the molecule is CN(C(=O)NCc1cccc(F)c1F)[C@H](COC(=O)Nc1cc2ccccc2cn1)C[C@H](O)COP(=O)(OC[C@@H](O)C[C@@H](COC(=O)Nc1cc2ccccc2cn1)N(C)C(=O)NCc1cccc(F)c1F)OC[C@@H](O)C[C@@H](COC(=O)Nc1cc2ccccc2cn1)N(C)C(=O)NCc1cccc(F)c1F. The molecule has 566 valence electrons. The molecule has 6 atom stereocenters. The molecule has 28 nitrogen and oxygen atoms in total. The average Bonchev–Trinajstić information content (AvgIpc) is 0.852. The van der Waals surface area contributed by atoms with E-state index in [2.05, 4.69) is 46.9 Å². The second kappa shape index (κ2) is 38.1. The largest absolute Gasteiger partial charge is 0.475 e. The molecule has 0 bridgehead atoms. The maximum absolute atomic E-state index is 15.1. The molecule has 0 aliphatic heterocycles. The minimum atomic E-state index is -5.33. The lowest BCUT2D eigenvalue weighted by Crippen LogP contribution is -2.47. The molecular formula is C72H75F6N12O16P. The van der Waals surface area contributed by atoms with Gasteiger partial charge in [-0.3, -0.25) is 29.5 Å². The standard InChI is InChI=1S/C72H75F6N12O16P/c1-88(67(94)82-34-49-19-10-22-58(73)64(49)76)52(37-101-70(97)85-61-25-43-13-4-7-16-46(43)31-79-61)28-55(91)40-104-107(100,105-41-56(92)29-53(89(2)68(95)83-35-50-20-11-23-59(74)65(50)77)38-102-71(98)86-62-26-44-14-5-8-17-47(44)32-80-62)106-42-57(93)30-54(90(3)69(96)84-36-51-21-12-24-60(75)66(51)78)39-103-72(99)87-63-27-45-15-6-9-18-48(45)33-81-63/h4-27,31-33,52-57,91-93H,28-30,34-42H2,1-3H3,(H,82,94)(H,83,95)(H,84,96)(H,79,85,97)(H,80,86,98)(H,81,87,99)/t52-,53-,54-,55-,56-,57-/m0/s1. The second-order valence-corrected chi connectivity index (χ2v) is 26.0. The number of benzene rings is 6. The molecule has 6 aromatic carbocycles. The Kier molecular flexibility index (Phi) is 28.5. The molecule has 9 N–H and O–H groups in total. The lowest BCUT2D eigenvalue weighted by Gasteiger charge is -2.31. The Balaban J connectivity index is 0.938. The van der Waals surface area contributed by atoms with E-state index in [1.165, 1.54) is 76.1 Å². The first-order chi connectivity index (χ1) is 51.3. The van der Waals surface area contributed by atoms with Crippen LogP contribution in [0.25, 0.3) is 32.3 Å². The number of phosphoric ester groups is 1. The number of hydrogen-bond donors (Lipinski definition) is 9. The van der Waals surface area contributed by atoms with Crippen LogP contribution in [0, 0.1) is 34.9 Å². The molecule has 0 unspecified atom stereocenters. The summed E-state index contributed by atoms with van der Waals surface area (Å²) in [4.78, 5) is 96.7. The minimum absolute atomic E-state index is 0.0672. The number of aliphatic hydroxyl groups excluding tert-OH is 3. The molecule has 0 saturated carbocycles. The van der Waals surface area contributed by atoms with Crippen molar-refractivity contribution in [1.29, 1.82) is 0 Å². The molecule has 0 spiro atoms. The fraction of sp³-hybridized carbons (Fsp3) is 0.292. The van der Waals surface area contributed by atoms with E-state index in [4.69, 9.17) is 27.8 Å². The molecule has 0 fully saturated rings. The first-order valence-electron chi connectivity index (χ1n) is 33.0. The number of aliphatic hydroxyl groups is 3. The van der Waals surface area contributed by atoms with Crippen molar-refractivity contribution >= 4 is 94.0 Å². The number of amides is 9. The van der Waals surface area contributed by atoms with Gasteiger partial charge in [0.1, 0.15) is 37.3 Å². The van der Waals surface area contributed by atoms with Crippen LogP contribution < -0.4 is 31.9 Å². The van der Waals surface area contributed by atoms with Crippen molar-refractivity contribution < 1.29 is 103 Å². The van der Waals surface area contributed by atoms with Crippen molar-refractivity contribution in [3.63, 3.8) is 0 Å². The van der Waals surface area contributed by atoms with E-state index >= 15 is 4.57 Å². The van der Waals surface area contributed by atoms with Gasteiger partial charge in [-0.15, -0.1) is 0 Å². The van der Waals surface area contributed by atoms with Crippen molar-refractivity contribution in [3.05, 3.63) is 216 Å². The van der Waals surface area contributed by atoms with Crippen LogP contribution in [0.5, 0.6) is 0 Å². The van der Waals surface area contributed by atoms with Crippen LogP contribution in [-0.2, 0) is 52.0 Å². The average molecular weight is 1510 g/mol. The van der Waals surface area contributed by atoms with Gasteiger partial charge in [-0.2, -0.15) is 0 Å². The van der Waals surface area contributed by atoms with E-state index in [0.717, 1.165) is 49.1 Å². The Labute approximate surface area is 607 Å². The van der Waals surface area contributed by atoms with Crippen LogP contribution >= 0.6 is 7.82 Å². The number of carbonyl (C=O) groups excluding carboxylic acids is 6. The number of phosphoric acid groups is 1. The van der Waals surface area contributed by atoms with Crippen LogP contribution in [0.2, 0.25) is 0 Å². The van der Waals surface area contributed by atoms with Crippen LogP contribution in [0.4, 0.5) is 72.6 Å². The summed E-state index contributed by atoms with van der Waals surface area (Å²) in [5.41, 5.74) is -0.734. The molecule has 9 amide bonds. The summed E-state index contributed by atoms with van der Waals surface area (Å²) < 4.78 is 135. The summed E-state index contributed by atoms with van der Waals surface area (Å²) in [7, 11) is -1.71. The van der Waals surface area contributed by atoms with Crippen LogP contribution in [-0.4, -0.2) is 179 Å². The van der Waals surface area contributed by atoms with Gasteiger partial charge >= 0.3 is 44.2 Å². The number of nitrogens with zero attached hydrogens (tertiary/aromatic N) is 6. The van der Waals surface area contributed by atoms with Gasteiger partial charge in [-0.25, -0.2) is 74.6 Å². The summed E-state index contributed by atoms with van der Waals surface area (Å²) in [6.45, 7) is -6.89. The van der Waals surface area contributed by atoms with Gasteiger partial charge in [-0.1, -0.05) is 109 Å². The third-order valence-corrected chi connectivity index (χ3v) is 18.1. The van der Waals surface area contributed by atoms with Crippen LogP contribution in [0.1, 0.15) is 36.0 Å². The number of ether oxygens (including phenoxy) is 3. The summed E-state index contributed by atoms with van der Waals surface area (Å²) in [6.07, 6.45) is -6.13. The quantitative estimate of drug-likeness (QED) is 0.0105. The number of likely N-dealkylation sites (N-methyl/N-ethyl adjacent to an activating group) is 3. The van der Waals surface area contributed by atoms with Gasteiger partial charge in [0, 0.05) is 92.2 Å². The minimum Gasteiger partial charge on any atom is -0.447 e. The number of rotatable bonds is 33. The molecule has 35 heteroatoms.